The molecule has 5 heteroatoms. The Labute approximate surface area is 101 Å². The van der Waals surface area contributed by atoms with Gasteiger partial charge in [-0.3, -0.25) is 4.18 Å². The van der Waals surface area contributed by atoms with Crippen molar-refractivity contribution < 1.29 is 12.6 Å². The SMILES string of the molecule is CC#C[C@H](OS(C)(=O)=O)[Si](C)(C)C(C)(C)C. The molecule has 0 aliphatic rings. The van der Waals surface area contributed by atoms with Crippen molar-refractivity contribution in [3.8, 4) is 11.8 Å². The lowest BCUT2D eigenvalue weighted by Gasteiger charge is -2.39. The van der Waals surface area contributed by atoms with Crippen LogP contribution in [0.3, 0.4) is 0 Å². The van der Waals surface area contributed by atoms with Crippen LogP contribution >= 0.6 is 0 Å². The summed E-state index contributed by atoms with van der Waals surface area (Å²) in [6.07, 6.45) is 1.07. The van der Waals surface area contributed by atoms with Crippen LogP contribution in [0.1, 0.15) is 27.7 Å². The first-order valence-electron chi connectivity index (χ1n) is 5.22. The van der Waals surface area contributed by atoms with Crippen LogP contribution in [-0.2, 0) is 14.3 Å². The Morgan fingerprint density at radius 2 is 1.69 bits per heavy atom. The zero-order chi connectivity index (χ0) is 13.2. The molecule has 0 aliphatic carbocycles. The van der Waals surface area contributed by atoms with Crippen molar-refractivity contribution in [1.82, 2.24) is 0 Å². The Hall–Kier alpha value is -0.313. The zero-order valence-corrected chi connectivity index (χ0v) is 13.0. The van der Waals surface area contributed by atoms with Gasteiger partial charge in [0, 0.05) is 0 Å². The molecule has 0 bridgehead atoms. The molecule has 3 nitrogen and oxygen atoms in total. The minimum atomic E-state index is -3.46. The minimum absolute atomic E-state index is 0.0339. The summed E-state index contributed by atoms with van der Waals surface area (Å²) in [5.74, 6) is 5.66. The lowest BCUT2D eigenvalue weighted by molar-refractivity contribution is 0.320. The fourth-order valence-electron chi connectivity index (χ4n) is 1.02. The maximum Gasteiger partial charge on any atom is 0.265 e. The van der Waals surface area contributed by atoms with Crippen molar-refractivity contribution in [2.24, 2.45) is 0 Å². The quantitative estimate of drug-likeness (QED) is 0.446. The van der Waals surface area contributed by atoms with E-state index in [1.807, 2.05) is 0 Å². The van der Waals surface area contributed by atoms with Gasteiger partial charge < -0.3 is 0 Å². The molecule has 16 heavy (non-hydrogen) atoms. The number of hydrogen-bond acceptors (Lipinski definition) is 3. The maximum atomic E-state index is 11.2. The zero-order valence-electron chi connectivity index (χ0n) is 11.2. The summed E-state index contributed by atoms with van der Waals surface area (Å²) < 4.78 is 27.6. The predicted molar refractivity (Wildman–Crippen MR) is 70.4 cm³/mol. The van der Waals surface area contributed by atoms with Crippen LogP contribution in [0.25, 0.3) is 0 Å². The molecule has 0 aromatic rings. The van der Waals surface area contributed by atoms with E-state index < -0.39 is 23.9 Å². The van der Waals surface area contributed by atoms with E-state index in [1.54, 1.807) is 6.92 Å². The highest BCUT2D eigenvalue weighted by molar-refractivity contribution is 7.86. The first-order valence-corrected chi connectivity index (χ1v) is 10.1. The Morgan fingerprint density at radius 3 is 1.94 bits per heavy atom. The highest BCUT2D eigenvalue weighted by atomic mass is 32.2. The van der Waals surface area contributed by atoms with Gasteiger partial charge in [-0.2, -0.15) is 8.42 Å². The molecule has 0 fully saturated rings. The summed E-state index contributed by atoms with van der Waals surface area (Å²) >= 11 is 0. The molecule has 0 N–H and O–H groups in total. The van der Waals surface area contributed by atoms with E-state index in [0.29, 0.717) is 0 Å². The molecule has 0 unspecified atom stereocenters. The molecular weight excluding hydrogens is 240 g/mol. The minimum Gasteiger partial charge on any atom is -0.258 e. The second-order valence-electron chi connectivity index (χ2n) is 5.55. The third-order valence-corrected chi connectivity index (χ3v) is 9.29. The van der Waals surface area contributed by atoms with Crippen molar-refractivity contribution in [2.75, 3.05) is 6.26 Å². The second-order valence-corrected chi connectivity index (χ2v) is 12.6. The normalized spacial score (nSPS) is 15.2. The molecule has 0 aromatic carbocycles. The Balaban J connectivity index is 5.28. The molecule has 0 saturated carbocycles. The maximum absolute atomic E-state index is 11.2. The first kappa shape index (κ1) is 15.7. The molecule has 0 heterocycles. The topological polar surface area (TPSA) is 43.4 Å². The third kappa shape index (κ3) is 4.28. The average Bonchev–Trinajstić information content (AvgIpc) is 1.98. The molecule has 0 spiro atoms. The van der Waals surface area contributed by atoms with Gasteiger partial charge in [0.15, 0.2) is 0 Å². The lowest BCUT2D eigenvalue weighted by atomic mass is 10.2. The largest absolute Gasteiger partial charge is 0.265 e. The van der Waals surface area contributed by atoms with Crippen molar-refractivity contribution >= 4 is 18.2 Å². The molecular formula is C11H22O3SSi. The monoisotopic (exact) mass is 262 g/mol. The van der Waals surface area contributed by atoms with Crippen molar-refractivity contribution in [3.63, 3.8) is 0 Å². The van der Waals surface area contributed by atoms with Crippen molar-refractivity contribution in [3.05, 3.63) is 0 Å². The second kappa shape index (κ2) is 4.90. The van der Waals surface area contributed by atoms with E-state index in [4.69, 9.17) is 4.18 Å². The molecule has 0 saturated heterocycles. The summed E-state index contributed by atoms with van der Waals surface area (Å²) in [4.78, 5) is 0. The Bertz CT molecular complexity index is 393. The van der Waals surface area contributed by atoms with Gasteiger partial charge in [0.05, 0.1) is 6.26 Å². The van der Waals surface area contributed by atoms with Gasteiger partial charge >= 0.3 is 0 Å². The van der Waals surface area contributed by atoms with Gasteiger partial charge in [0.2, 0.25) is 0 Å². The smallest absolute Gasteiger partial charge is 0.258 e. The summed E-state index contributed by atoms with van der Waals surface area (Å²) in [7, 11) is -5.40. The van der Waals surface area contributed by atoms with Crippen LogP contribution < -0.4 is 0 Å². The molecule has 0 rings (SSSR count). The molecule has 0 aromatic heterocycles. The molecule has 0 amide bonds. The fourth-order valence-corrected chi connectivity index (χ4v) is 4.20. The van der Waals surface area contributed by atoms with Gasteiger partial charge in [-0.15, -0.1) is 5.92 Å². The van der Waals surface area contributed by atoms with Crippen LogP contribution in [0.2, 0.25) is 18.1 Å². The Kier molecular flexibility index (Phi) is 4.81. The van der Waals surface area contributed by atoms with Crippen LogP contribution in [0.5, 0.6) is 0 Å². The lowest BCUT2D eigenvalue weighted by Crippen LogP contribution is -2.50. The predicted octanol–water partition coefficient (Wildman–Crippen LogP) is 2.40. The van der Waals surface area contributed by atoms with Crippen LogP contribution in [0.15, 0.2) is 0 Å². The fraction of sp³-hybridized carbons (Fsp3) is 0.818. The standard InChI is InChI=1S/C11H22O3SSi/c1-8-9-10(14-15(5,12)13)16(6,7)11(2,3)4/h10H,1-7H3/t10-/m1/s1. The summed E-state index contributed by atoms with van der Waals surface area (Å²) in [6.45, 7) is 12.2. The van der Waals surface area contributed by atoms with E-state index in [-0.39, 0.29) is 5.04 Å². The summed E-state index contributed by atoms with van der Waals surface area (Å²) in [5.41, 5.74) is -0.479. The third-order valence-electron chi connectivity index (χ3n) is 3.13. The molecule has 0 radical (unpaired) electrons. The number of hydrogen-bond donors (Lipinski definition) is 0. The number of rotatable bonds is 3. The van der Waals surface area contributed by atoms with Gasteiger partial charge in [-0.05, 0) is 12.0 Å². The Morgan fingerprint density at radius 1 is 1.25 bits per heavy atom. The van der Waals surface area contributed by atoms with Crippen LogP contribution in [0, 0.1) is 11.8 Å². The van der Waals surface area contributed by atoms with Gasteiger partial charge in [-0.1, -0.05) is 39.8 Å². The van der Waals surface area contributed by atoms with E-state index in [1.165, 1.54) is 0 Å². The highest BCUT2D eigenvalue weighted by Gasteiger charge is 2.44. The molecule has 0 aliphatic heterocycles. The summed E-state index contributed by atoms with van der Waals surface area (Å²) in [6, 6.07) is 0. The van der Waals surface area contributed by atoms with Gasteiger partial charge in [-0.25, -0.2) is 0 Å². The average molecular weight is 262 g/mol. The summed E-state index contributed by atoms with van der Waals surface area (Å²) in [5, 5.41) is 0.0339. The van der Waals surface area contributed by atoms with Gasteiger partial charge in [0.25, 0.3) is 10.1 Å². The van der Waals surface area contributed by atoms with Crippen LogP contribution in [0.4, 0.5) is 0 Å². The van der Waals surface area contributed by atoms with Crippen LogP contribution in [-0.4, -0.2) is 28.5 Å². The van der Waals surface area contributed by atoms with Gasteiger partial charge in [0.1, 0.15) is 13.8 Å². The molecule has 94 valence electrons. The highest BCUT2D eigenvalue weighted by Crippen LogP contribution is 2.39. The molecule has 1 atom stereocenters. The van der Waals surface area contributed by atoms with E-state index in [0.717, 1.165) is 6.26 Å². The van der Waals surface area contributed by atoms with E-state index in [9.17, 15) is 8.42 Å². The first-order chi connectivity index (χ1) is 6.92. The van der Waals surface area contributed by atoms with Crippen molar-refractivity contribution in [2.45, 2.75) is 51.6 Å². The van der Waals surface area contributed by atoms with Crippen molar-refractivity contribution in [1.29, 1.82) is 0 Å². The van der Waals surface area contributed by atoms with E-state index >= 15 is 0 Å². The van der Waals surface area contributed by atoms with E-state index in [2.05, 4.69) is 45.7 Å².